The number of hydrogen-bond acceptors (Lipinski definition) is 4. The molecule has 7 heteroatoms. The first-order chi connectivity index (χ1) is 14.4. The molecule has 6 nitrogen and oxygen atoms in total. The highest BCUT2D eigenvalue weighted by atomic mass is 32.2. The maximum absolute atomic E-state index is 13.1. The summed E-state index contributed by atoms with van der Waals surface area (Å²) in [5.41, 5.74) is 2.53. The number of ether oxygens (including phenoxy) is 1. The van der Waals surface area contributed by atoms with Crippen LogP contribution in [0.25, 0.3) is 6.08 Å². The van der Waals surface area contributed by atoms with Gasteiger partial charge in [0.05, 0.1) is 7.11 Å². The van der Waals surface area contributed by atoms with Crippen molar-refractivity contribution in [3.05, 3.63) is 59.7 Å². The molecule has 0 radical (unpaired) electrons. The van der Waals surface area contributed by atoms with Gasteiger partial charge in [0.2, 0.25) is 15.9 Å². The fourth-order valence-electron chi connectivity index (χ4n) is 3.42. The van der Waals surface area contributed by atoms with Crippen molar-refractivity contribution in [2.24, 2.45) is 0 Å². The summed E-state index contributed by atoms with van der Waals surface area (Å²) in [6.07, 6.45) is 6.70. The predicted molar refractivity (Wildman–Crippen MR) is 119 cm³/mol. The maximum atomic E-state index is 13.1. The van der Waals surface area contributed by atoms with Crippen molar-refractivity contribution in [2.45, 2.75) is 37.5 Å². The third-order valence-corrected chi connectivity index (χ3v) is 7.10. The largest absolute Gasteiger partial charge is 0.495 e. The summed E-state index contributed by atoms with van der Waals surface area (Å²) in [5, 5.41) is 2.81. The van der Waals surface area contributed by atoms with Crippen molar-refractivity contribution in [3.63, 3.8) is 0 Å². The van der Waals surface area contributed by atoms with Crippen LogP contribution in [0.1, 0.15) is 37.3 Å². The molecular formula is C23H28N2O4S. The first-order valence-electron chi connectivity index (χ1n) is 10.2. The smallest absolute Gasteiger partial charge is 0.248 e. The molecule has 2 aromatic carbocycles. The fraction of sp³-hybridized carbons (Fsp3) is 0.348. The first-order valence-corrected chi connectivity index (χ1v) is 11.6. The minimum absolute atomic E-state index is 0.129. The van der Waals surface area contributed by atoms with E-state index in [0.717, 1.165) is 25.7 Å². The number of benzene rings is 2. The van der Waals surface area contributed by atoms with E-state index in [-0.39, 0.29) is 10.8 Å². The second-order valence-corrected chi connectivity index (χ2v) is 9.15. The number of carbonyl (C=O) groups is 1. The number of carbonyl (C=O) groups excluding carboxylic acids is 1. The summed E-state index contributed by atoms with van der Waals surface area (Å²) >= 11 is 0. The summed E-state index contributed by atoms with van der Waals surface area (Å²) in [6.45, 7) is 3.11. The van der Waals surface area contributed by atoms with Crippen molar-refractivity contribution in [1.29, 1.82) is 0 Å². The lowest BCUT2D eigenvalue weighted by molar-refractivity contribution is -0.111. The molecule has 2 aromatic rings. The molecular weight excluding hydrogens is 400 g/mol. The molecule has 1 fully saturated rings. The summed E-state index contributed by atoms with van der Waals surface area (Å²) < 4.78 is 33.0. The zero-order valence-corrected chi connectivity index (χ0v) is 18.2. The van der Waals surface area contributed by atoms with Crippen LogP contribution in [0.15, 0.2) is 53.4 Å². The Morgan fingerprint density at radius 3 is 2.43 bits per heavy atom. The summed E-state index contributed by atoms with van der Waals surface area (Å²) in [6, 6.07) is 12.6. The quantitative estimate of drug-likeness (QED) is 0.674. The molecule has 0 saturated carbocycles. The average molecular weight is 429 g/mol. The number of nitrogens with zero attached hydrogens (tertiary/aromatic N) is 1. The minimum atomic E-state index is -3.65. The summed E-state index contributed by atoms with van der Waals surface area (Å²) in [4.78, 5) is 12.4. The zero-order valence-electron chi connectivity index (χ0n) is 17.4. The Morgan fingerprint density at radius 2 is 1.80 bits per heavy atom. The Morgan fingerprint density at radius 1 is 1.10 bits per heavy atom. The van der Waals surface area contributed by atoms with Gasteiger partial charge >= 0.3 is 0 Å². The molecule has 1 aliphatic heterocycles. The topological polar surface area (TPSA) is 75.7 Å². The number of sulfonamides is 1. The lowest BCUT2D eigenvalue weighted by atomic mass is 10.1. The van der Waals surface area contributed by atoms with E-state index in [2.05, 4.69) is 12.2 Å². The monoisotopic (exact) mass is 428 g/mol. The molecule has 0 bridgehead atoms. The van der Waals surface area contributed by atoms with Crippen LogP contribution in [-0.2, 0) is 21.2 Å². The Kier molecular flexibility index (Phi) is 7.29. The van der Waals surface area contributed by atoms with Gasteiger partial charge < -0.3 is 10.1 Å². The lowest BCUT2D eigenvalue weighted by Gasteiger charge is -2.26. The lowest BCUT2D eigenvalue weighted by Crippen LogP contribution is -2.35. The molecule has 1 aliphatic rings. The molecule has 3 rings (SSSR count). The number of hydrogen-bond donors (Lipinski definition) is 1. The number of rotatable bonds is 7. The van der Waals surface area contributed by atoms with E-state index < -0.39 is 10.0 Å². The Bertz CT molecular complexity index is 1010. The third-order valence-electron chi connectivity index (χ3n) is 5.18. The number of nitrogens with one attached hydrogen (secondary N) is 1. The van der Waals surface area contributed by atoms with Crippen molar-refractivity contribution >= 4 is 27.7 Å². The molecule has 0 unspecified atom stereocenters. The predicted octanol–water partition coefficient (Wildman–Crippen LogP) is 4.08. The standard InChI is InChI=1S/C23H28N2O4S/c1-3-18-7-11-20(12-8-18)24-23(26)14-10-19-9-13-21(29-2)22(17-19)30(27,28)25-15-5-4-6-16-25/h7-14,17H,3-6,15-16H2,1-2H3,(H,24,26)/b14-10+. The van der Waals surface area contributed by atoms with Gasteiger partial charge in [-0.25, -0.2) is 8.42 Å². The normalized spacial score (nSPS) is 15.3. The molecule has 0 atom stereocenters. The number of aryl methyl sites for hydroxylation is 1. The van der Waals surface area contributed by atoms with Gasteiger partial charge in [-0.3, -0.25) is 4.79 Å². The number of methoxy groups -OCH3 is 1. The third kappa shape index (κ3) is 5.29. The van der Waals surface area contributed by atoms with Gasteiger partial charge in [0.15, 0.2) is 0 Å². The summed E-state index contributed by atoms with van der Waals surface area (Å²) in [7, 11) is -2.19. The van der Waals surface area contributed by atoms with Crippen molar-refractivity contribution in [3.8, 4) is 5.75 Å². The van der Waals surface area contributed by atoms with Gasteiger partial charge in [-0.2, -0.15) is 4.31 Å². The van der Waals surface area contributed by atoms with Gasteiger partial charge in [0.25, 0.3) is 0 Å². The van der Waals surface area contributed by atoms with Crippen LogP contribution in [0.5, 0.6) is 5.75 Å². The molecule has 0 aromatic heterocycles. The van der Waals surface area contributed by atoms with E-state index in [4.69, 9.17) is 4.74 Å². The highest BCUT2D eigenvalue weighted by Gasteiger charge is 2.28. The summed E-state index contributed by atoms with van der Waals surface area (Å²) in [5.74, 6) is 0.0219. The van der Waals surface area contributed by atoms with Gasteiger partial charge in [-0.05, 0) is 60.7 Å². The fourth-order valence-corrected chi connectivity index (χ4v) is 5.13. The molecule has 30 heavy (non-hydrogen) atoms. The minimum Gasteiger partial charge on any atom is -0.495 e. The molecule has 1 saturated heterocycles. The Balaban J connectivity index is 1.77. The molecule has 1 amide bonds. The van der Waals surface area contributed by atoms with E-state index in [1.807, 2.05) is 24.3 Å². The zero-order chi connectivity index (χ0) is 21.6. The van der Waals surface area contributed by atoms with E-state index in [9.17, 15) is 13.2 Å². The van der Waals surface area contributed by atoms with Crippen LogP contribution < -0.4 is 10.1 Å². The van der Waals surface area contributed by atoms with Crippen LogP contribution >= 0.6 is 0 Å². The SMILES string of the molecule is CCc1ccc(NC(=O)/C=C/c2ccc(OC)c(S(=O)(=O)N3CCCCC3)c2)cc1. The van der Waals surface area contributed by atoms with Gasteiger partial charge in [0.1, 0.15) is 10.6 Å². The second-order valence-electron chi connectivity index (χ2n) is 7.25. The molecule has 0 spiro atoms. The van der Waals surface area contributed by atoms with E-state index in [1.54, 1.807) is 24.3 Å². The van der Waals surface area contributed by atoms with Gasteiger partial charge in [-0.1, -0.05) is 31.5 Å². The molecule has 0 aliphatic carbocycles. The Hall–Kier alpha value is -2.64. The van der Waals surface area contributed by atoms with Crippen molar-refractivity contribution < 1.29 is 17.9 Å². The first kappa shape index (κ1) is 22.1. The van der Waals surface area contributed by atoms with E-state index in [1.165, 1.54) is 23.1 Å². The van der Waals surface area contributed by atoms with E-state index >= 15 is 0 Å². The van der Waals surface area contributed by atoms with Crippen molar-refractivity contribution in [2.75, 3.05) is 25.5 Å². The van der Waals surface area contributed by atoms with Crippen LogP contribution in [0, 0.1) is 0 Å². The maximum Gasteiger partial charge on any atom is 0.248 e. The second kappa shape index (κ2) is 9.91. The van der Waals surface area contributed by atoms with Crippen LogP contribution in [0.2, 0.25) is 0 Å². The molecule has 1 heterocycles. The Labute approximate surface area is 178 Å². The van der Waals surface area contributed by atoms with Crippen LogP contribution in [0.3, 0.4) is 0 Å². The van der Waals surface area contributed by atoms with Crippen LogP contribution in [0.4, 0.5) is 5.69 Å². The number of anilines is 1. The highest BCUT2D eigenvalue weighted by Crippen LogP contribution is 2.30. The molecule has 1 N–H and O–H groups in total. The number of piperidine rings is 1. The van der Waals surface area contributed by atoms with Crippen molar-refractivity contribution in [1.82, 2.24) is 4.31 Å². The van der Waals surface area contributed by atoms with E-state index in [0.29, 0.717) is 30.1 Å². The highest BCUT2D eigenvalue weighted by molar-refractivity contribution is 7.89. The molecule has 160 valence electrons. The average Bonchev–Trinajstić information content (AvgIpc) is 2.78. The van der Waals surface area contributed by atoms with Crippen LogP contribution in [-0.4, -0.2) is 38.8 Å². The van der Waals surface area contributed by atoms with Gasteiger partial charge in [-0.15, -0.1) is 0 Å². The van der Waals surface area contributed by atoms with Gasteiger partial charge in [0, 0.05) is 24.9 Å². The number of amides is 1.